The quantitative estimate of drug-likeness (QED) is 0.550. The molecule has 1 aromatic heterocycles. The number of hydrogen-bond acceptors (Lipinski definition) is 4. The molecule has 152 valence electrons. The fourth-order valence-corrected chi connectivity index (χ4v) is 2.68. The topological polar surface area (TPSA) is 65.4 Å². The summed E-state index contributed by atoms with van der Waals surface area (Å²) in [5.74, 6) is -0.780. The lowest BCUT2D eigenvalue weighted by molar-refractivity contribution is 0.0143. The minimum atomic E-state index is -0.408. The summed E-state index contributed by atoms with van der Waals surface area (Å²) in [6.07, 6.45) is 1.73. The number of hydrogen-bond donors (Lipinski definition) is 1. The van der Waals surface area contributed by atoms with Gasteiger partial charge in [0.25, 0.3) is 5.91 Å². The van der Waals surface area contributed by atoms with E-state index >= 15 is 0 Å². The van der Waals surface area contributed by atoms with Gasteiger partial charge in [0.05, 0.1) is 25.9 Å². The molecule has 0 bridgehead atoms. The zero-order chi connectivity index (χ0) is 20.6. The van der Waals surface area contributed by atoms with Gasteiger partial charge in [-0.25, -0.2) is 9.07 Å². The fraction of sp³-hybridized carbons (Fsp3) is 0.273. The predicted octanol–water partition coefficient (Wildman–Crippen LogP) is 4.21. The third kappa shape index (κ3) is 5.97. The number of nitrogens with one attached hydrogen (secondary N) is 1. The van der Waals surface area contributed by atoms with Crippen molar-refractivity contribution >= 4 is 11.6 Å². The van der Waals surface area contributed by atoms with Crippen LogP contribution in [0.25, 0.3) is 5.69 Å². The number of para-hydroxylation sites is 1. The molecule has 1 amide bonds. The number of carbonyl (C=O) groups excluding carboxylic acids is 1. The Morgan fingerprint density at radius 3 is 2.76 bits per heavy atom. The number of aromatic nitrogens is 2. The summed E-state index contributed by atoms with van der Waals surface area (Å²) in [5, 5.41) is 6.98. The molecule has 29 heavy (non-hydrogen) atoms. The monoisotopic (exact) mass is 397 g/mol. The van der Waals surface area contributed by atoms with Gasteiger partial charge >= 0.3 is 0 Å². The van der Waals surface area contributed by atoms with Crippen molar-refractivity contribution in [3.8, 4) is 5.69 Å². The molecule has 0 atom stereocenters. The Kier molecular flexibility index (Phi) is 7.10. The van der Waals surface area contributed by atoms with Crippen LogP contribution in [0.5, 0.6) is 0 Å². The molecule has 1 heterocycles. The molecule has 2 aromatic carbocycles. The molecule has 0 saturated carbocycles. The first kappa shape index (κ1) is 20.7. The Morgan fingerprint density at radius 2 is 1.97 bits per heavy atom. The Hall–Kier alpha value is -3.03. The van der Waals surface area contributed by atoms with E-state index in [2.05, 4.69) is 10.4 Å². The van der Waals surface area contributed by atoms with Gasteiger partial charge in [-0.3, -0.25) is 4.79 Å². The SMILES string of the molecule is CC(C)OCCOCc1cccc(NC(=O)c2ccn(-c3ccccc3F)n2)c1. The number of halogens is 1. The number of anilines is 1. The zero-order valence-electron chi connectivity index (χ0n) is 16.5. The number of carbonyl (C=O) groups is 1. The summed E-state index contributed by atoms with van der Waals surface area (Å²) >= 11 is 0. The van der Waals surface area contributed by atoms with Crippen LogP contribution in [0.4, 0.5) is 10.1 Å². The lowest BCUT2D eigenvalue weighted by atomic mass is 10.2. The maximum Gasteiger partial charge on any atom is 0.276 e. The maximum absolute atomic E-state index is 13.9. The van der Waals surface area contributed by atoms with Crippen molar-refractivity contribution in [3.63, 3.8) is 0 Å². The summed E-state index contributed by atoms with van der Waals surface area (Å²) in [6.45, 7) is 5.42. The van der Waals surface area contributed by atoms with E-state index in [1.54, 1.807) is 36.5 Å². The normalized spacial score (nSPS) is 11.0. The Bertz CT molecular complexity index is 956. The van der Waals surface area contributed by atoms with E-state index in [9.17, 15) is 9.18 Å². The molecule has 0 fully saturated rings. The van der Waals surface area contributed by atoms with Crippen LogP contribution in [0, 0.1) is 5.82 Å². The van der Waals surface area contributed by atoms with Crippen LogP contribution < -0.4 is 5.32 Å². The summed E-state index contributed by atoms with van der Waals surface area (Å²) in [6, 6.07) is 15.2. The van der Waals surface area contributed by atoms with Crippen LogP contribution in [0.15, 0.2) is 60.8 Å². The first-order valence-electron chi connectivity index (χ1n) is 9.43. The molecule has 0 aliphatic heterocycles. The minimum absolute atomic E-state index is 0.180. The van der Waals surface area contributed by atoms with Gasteiger partial charge in [0.2, 0.25) is 0 Å². The van der Waals surface area contributed by atoms with E-state index in [-0.39, 0.29) is 23.4 Å². The van der Waals surface area contributed by atoms with Gasteiger partial charge in [0, 0.05) is 11.9 Å². The third-order valence-electron chi connectivity index (χ3n) is 4.05. The molecule has 1 N–H and O–H groups in total. The largest absolute Gasteiger partial charge is 0.376 e. The van der Waals surface area contributed by atoms with Gasteiger partial charge in [0.1, 0.15) is 11.5 Å². The van der Waals surface area contributed by atoms with E-state index in [4.69, 9.17) is 9.47 Å². The molecule has 0 unspecified atom stereocenters. The highest BCUT2D eigenvalue weighted by atomic mass is 19.1. The van der Waals surface area contributed by atoms with Gasteiger partial charge in [-0.2, -0.15) is 5.10 Å². The van der Waals surface area contributed by atoms with Crippen LogP contribution >= 0.6 is 0 Å². The Balaban J connectivity index is 1.58. The highest BCUT2D eigenvalue weighted by Gasteiger charge is 2.12. The summed E-state index contributed by atoms with van der Waals surface area (Å²) in [7, 11) is 0. The van der Waals surface area contributed by atoms with E-state index in [0.717, 1.165) is 5.56 Å². The average Bonchev–Trinajstić information content (AvgIpc) is 3.18. The van der Waals surface area contributed by atoms with Crippen molar-refractivity contribution in [1.82, 2.24) is 9.78 Å². The second kappa shape index (κ2) is 9.95. The van der Waals surface area contributed by atoms with Gasteiger partial charge in [0.15, 0.2) is 5.69 Å². The first-order chi connectivity index (χ1) is 14.0. The molecule has 0 saturated heterocycles. The second-order valence-corrected chi connectivity index (χ2v) is 6.72. The molecule has 6 nitrogen and oxygen atoms in total. The third-order valence-corrected chi connectivity index (χ3v) is 4.05. The Morgan fingerprint density at radius 1 is 1.14 bits per heavy atom. The van der Waals surface area contributed by atoms with Crippen molar-refractivity contribution in [1.29, 1.82) is 0 Å². The molecule has 0 aliphatic rings. The van der Waals surface area contributed by atoms with Crippen molar-refractivity contribution in [2.75, 3.05) is 18.5 Å². The smallest absolute Gasteiger partial charge is 0.276 e. The summed E-state index contributed by atoms with van der Waals surface area (Å²) in [5.41, 5.74) is 2.05. The van der Waals surface area contributed by atoms with Gasteiger partial charge in [-0.05, 0) is 49.7 Å². The number of nitrogens with zero attached hydrogens (tertiary/aromatic N) is 2. The lowest BCUT2D eigenvalue weighted by Crippen LogP contribution is -2.13. The zero-order valence-corrected chi connectivity index (χ0v) is 16.5. The van der Waals surface area contributed by atoms with Crippen LogP contribution in [0.3, 0.4) is 0 Å². The van der Waals surface area contributed by atoms with Crippen LogP contribution in [-0.2, 0) is 16.1 Å². The molecular weight excluding hydrogens is 373 g/mol. The fourth-order valence-electron chi connectivity index (χ4n) is 2.68. The van der Waals surface area contributed by atoms with Crippen molar-refractivity contribution < 1.29 is 18.7 Å². The first-order valence-corrected chi connectivity index (χ1v) is 9.43. The van der Waals surface area contributed by atoms with Crippen molar-refractivity contribution in [2.45, 2.75) is 26.6 Å². The second-order valence-electron chi connectivity index (χ2n) is 6.72. The summed E-state index contributed by atoms with van der Waals surface area (Å²) < 4.78 is 26.2. The van der Waals surface area contributed by atoms with Crippen molar-refractivity contribution in [2.24, 2.45) is 0 Å². The number of rotatable bonds is 9. The number of ether oxygens (including phenoxy) is 2. The molecule has 0 radical (unpaired) electrons. The van der Waals surface area contributed by atoms with Gasteiger partial charge < -0.3 is 14.8 Å². The Labute approximate surface area is 169 Å². The molecule has 7 heteroatoms. The van der Waals surface area contributed by atoms with Crippen LogP contribution in [0.2, 0.25) is 0 Å². The lowest BCUT2D eigenvalue weighted by Gasteiger charge is -2.09. The molecule has 0 aliphatic carbocycles. The van der Waals surface area contributed by atoms with E-state index < -0.39 is 5.82 Å². The van der Waals surface area contributed by atoms with Gasteiger partial charge in [-0.1, -0.05) is 24.3 Å². The maximum atomic E-state index is 13.9. The van der Waals surface area contributed by atoms with E-state index in [1.165, 1.54) is 10.7 Å². The predicted molar refractivity (Wildman–Crippen MR) is 109 cm³/mol. The molecule has 0 spiro atoms. The standard InChI is InChI=1S/C22H24FN3O3/c1-16(2)29-13-12-28-15-17-6-5-7-18(14-17)24-22(27)20-10-11-26(25-20)21-9-4-3-8-19(21)23/h3-11,14,16H,12-13,15H2,1-2H3,(H,24,27). The van der Waals surface area contributed by atoms with Crippen molar-refractivity contribution in [3.05, 3.63) is 77.9 Å². The highest BCUT2D eigenvalue weighted by Crippen LogP contribution is 2.15. The average molecular weight is 397 g/mol. The highest BCUT2D eigenvalue weighted by molar-refractivity contribution is 6.02. The number of amides is 1. The molecular formula is C22H24FN3O3. The van der Waals surface area contributed by atoms with Gasteiger partial charge in [-0.15, -0.1) is 0 Å². The minimum Gasteiger partial charge on any atom is -0.376 e. The summed E-state index contributed by atoms with van der Waals surface area (Å²) in [4.78, 5) is 12.5. The van der Waals surface area contributed by atoms with Crippen LogP contribution in [0.1, 0.15) is 29.9 Å². The van der Waals surface area contributed by atoms with Crippen LogP contribution in [-0.4, -0.2) is 35.0 Å². The molecule has 3 aromatic rings. The van der Waals surface area contributed by atoms with E-state index in [0.29, 0.717) is 25.5 Å². The number of benzene rings is 2. The molecule has 3 rings (SSSR count). The van der Waals surface area contributed by atoms with E-state index in [1.807, 2.05) is 32.0 Å².